The molecule has 4 rings (SSSR count). The molecule has 0 aliphatic carbocycles. The van der Waals surface area contributed by atoms with Gasteiger partial charge in [-0.05, 0) is 68.9 Å². The quantitative estimate of drug-likeness (QED) is 0.265. The van der Waals surface area contributed by atoms with Crippen LogP contribution in [0.4, 0.5) is 0 Å². The van der Waals surface area contributed by atoms with Crippen molar-refractivity contribution in [1.29, 1.82) is 0 Å². The number of nitrogens with zero attached hydrogens (tertiary/aromatic N) is 1. The van der Waals surface area contributed by atoms with Gasteiger partial charge >= 0.3 is 13.1 Å². The summed E-state index contributed by atoms with van der Waals surface area (Å²) in [5, 5.41) is 0. The van der Waals surface area contributed by atoms with E-state index in [-0.39, 0.29) is 23.0 Å². The highest BCUT2D eigenvalue weighted by Crippen LogP contribution is 2.36. The molecule has 2 aromatic rings. The molecule has 0 spiro atoms. The largest absolute Gasteiger partial charge is 0.494 e. The number of hydrogen-bond acceptors (Lipinski definition) is 7. The van der Waals surface area contributed by atoms with E-state index >= 15 is 0 Å². The molecule has 1 amide bonds. The first-order valence-corrected chi connectivity index (χ1v) is 13.2. The lowest BCUT2D eigenvalue weighted by Gasteiger charge is -2.32. The Morgan fingerprint density at radius 2 is 1.55 bits per heavy atom. The van der Waals surface area contributed by atoms with Crippen molar-refractivity contribution in [2.24, 2.45) is 5.92 Å². The fraction of sp³-hybridized carbons (Fsp3) is 0.517. The Morgan fingerprint density at radius 3 is 2.13 bits per heavy atom. The Labute approximate surface area is 225 Å². The zero-order valence-corrected chi connectivity index (χ0v) is 23.4. The molecule has 38 heavy (non-hydrogen) atoms. The van der Waals surface area contributed by atoms with Gasteiger partial charge in [0, 0.05) is 18.5 Å². The summed E-state index contributed by atoms with van der Waals surface area (Å²) in [5.74, 6) is 0.738. The Morgan fingerprint density at radius 1 is 0.974 bits per heavy atom. The molecule has 204 valence electrons. The molecule has 0 bridgehead atoms. The molecule has 9 heteroatoms. The van der Waals surface area contributed by atoms with E-state index in [1.165, 1.54) is 7.11 Å². The molecular formula is C29H38BNO7. The van der Waals surface area contributed by atoms with Gasteiger partial charge in [-0.25, -0.2) is 4.79 Å². The number of carbonyl (C=O) groups is 2. The van der Waals surface area contributed by atoms with Gasteiger partial charge in [-0.2, -0.15) is 0 Å². The summed E-state index contributed by atoms with van der Waals surface area (Å²) in [6.07, 6.45) is 0.675. The van der Waals surface area contributed by atoms with Crippen molar-refractivity contribution >= 4 is 24.5 Å². The predicted molar refractivity (Wildman–Crippen MR) is 145 cm³/mol. The van der Waals surface area contributed by atoms with Crippen LogP contribution in [0.3, 0.4) is 0 Å². The molecule has 1 saturated heterocycles. The van der Waals surface area contributed by atoms with Crippen LogP contribution in [0.25, 0.3) is 0 Å². The topological polar surface area (TPSA) is 83.5 Å². The normalized spacial score (nSPS) is 18.5. The fourth-order valence-electron chi connectivity index (χ4n) is 4.64. The second kappa shape index (κ2) is 11.0. The second-order valence-corrected chi connectivity index (χ2v) is 11.2. The summed E-state index contributed by atoms with van der Waals surface area (Å²) >= 11 is 0. The molecule has 0 saturated carbocycles. The van der Waals surface area contributed by atoms with Crippen LogP contribution in [0.15, 0.2) is 42.5 Å². The number of esters is 1. The number of rotatable bonds is 10. The fourth-order valence-corrected chi connectivity index (χ4v) is 4.64. The van der Waals surface area contributed by atoms with Crippen molar-refractivity contribution in [2.75, 3.05) is 20.3 Å². The number of ether oxygens (including phenoxy) is 3. The summed E-state index contributed by atoms with van der Waals surface area (Å²) in [7, 11) is 0.947. The summed E-state index contributed by atoms with van der Waals surface area (Å²) in [6.45, 7) is 13.3. The second-order valence-electron chi connectivity index (χ2n) is 11.2. The van der Waals surface area contributed by atoms with Gasteiger partial charge in [0.2, 0.25) is 0 Å². The first-order chi connectivity index (χ1) is 17.9. The molecular weight excluding hydrogens is 485 g/mol. The minimum absolute atomic E-state index is 0.0590. The molecule has 2 aliphatic heterocycles. The van der Waals surface area contributed by atoms with E-state index in [9.17, 15) is 9.59 Å². The van der Waals surface area contributed by atoms with Crippen LogP contribution in [0, 0.1) is 5.92 Å². The molecule has 2 aromatic carbocycles. The number of benzene rings is 2. The summed E-state index contributed by atoms with van der Waals surface area (Å²) in [5.41, 5.74) is 1.64. The Kier molecular flexibility index (Phi) is 8.09. The van der Waals surface area contributed by atoms with E-state index in [2.05, 4.69) is 0 Å². The molecule has 1 atom stereocenters. The maximum atomic E-state index is 13.0. The smallest absolute Gasteiger partial charge is 0.493 e. The number of carbonyl (C=O) groups excluding carboxylic acids is 2. The van der Waals surface area contributed by atoms with Crippen LogP contribution >= 0.6 is 0 Å². The molecule has 1 fully saturated rings. The summed E-state index contributed by atoms with van der Waals surface area (Å²) in [4.78, 5) is 26.9. The maximum absolute atomic E-state index is 13.0. The lowest BCUT2D eigenvalue weighted by Crippen LogP contribution is -2.45. The zero-order valence-electron chi connectivity index (χ0n) is 23.4. The minimum atomic E-state index is -0.618. The van der Waals surface area contributed by atoms with E-state index in [0.29, 0.717) is 37.5 Å². The van der Waals surface area contributed by atoms with E-state index in [4.69, 9.17) is 23.5 Å². The molecule has 2 heterocycles. The van der Waals surface area contributed by atoms with Crippen LogP contribution in [-0.4, -0.2) is 61.5 Å². The number of methoxy groups -OCH3 is 1. The van der Waals surface area contributed by atoms with Crippen LogP contribution in [0.5, 0.6) is 11.5 Å². The molecule has 1 unspecified atom stereocenters. The van der Waals surface area contributed by atoms with Crippen molar-refractivity contribution in [1.82, 2.24) is 4.90 Å². The van der Waals surface area contributed by atoms with Crippen LogP contribution < -0.4 is 14.9 Å². The third-order valence-corrected chi connectivity index (χ3v) is 7.55. The van der Waals surface area contributed by atoms with E-state index in [1.807, 2.05) is 77.9 Å². The molecule has 8 nitrogen and oxygen atoms in total. The first kappa shape index (κ1) is 28.0. The summed E-state index contributed by atoms with van der Waals surface area (Å²) < 4.78 is 28.9. The summed E-state index contributed by atoms with van der Waals surface area (Å²) in [6, 6.07) is 12.6. The molecule has 2 aliphatic rings. The first-order valence-electron chi connectivity index (χ1n) is 13.2. The van der Waals surface area contributed by atoms with Crippen LogP contribution in [0.2, 0.25) is 0 Å². The van der Waals surface area contributed by atoms with Gasteiger partial charge in [0.25, 0.3) is 5.91 Å². The minimum Gasteiger partial charge on any atom is -0.493 e. The zero-order chi connectivity index (χ0) is 27.7. The van der Waals surface area contributed by atoms with Crippen molar-refractivity contribution in [3.63, 3.8) is 0 Å². The number of hydrogen-bond donors (Lipinski definition) is 0. The predicted octanol–water partition coefficient (Wildman–Crippen LogP) is 3.99. The van der Waals surface area contributed by atoms with Crippen LogP contribution in [0.1, 0.15) is 63.9 Å². The van der Waals surface area contributed by atoms with Gasteiger partial charge in [-0.15, -0.1) is 0 Å². The van der Waals surface area contributed by atoms with E-state index in [1.54, 1.807) is 11.0 Å². The SMILES string of the molecule is COC(=O)C(C(C)C)N1Cc2ccc(OCCCOc3ccc(B4OC(C)(C)C(C)(C)O4)cc3)cc2C1=O. The lowest BCUT2D eigenvalue weighted by atomic mass is 9.79. The Bertz CT molecular complexity index is 1150. The average Bonchev–Trinajstić information content (AvgIpc) is 3.30. The molecule has 0 N–H and O–H groups in total. The monoisotopic (exact) mass is 523 g/mol. The van der Waals surface area contributed by atoms with Gasteiger partial charge < -0.3 is 28.4 Å². The third-order valence-electron chi connectivity index (χ3n) is 7.55. The van der Waals surface area contributed by atoms with Crippen molar-refractivity contribution < 1.29 is 33.1 Å². The van der Waals surface area contributed by atoms with E-state index in [0.717, 1.165) is 16.8 Å². The van der Waals surface area contributed by atoms with Crippen molar-refractivity contribution in [2.45, 2.75) is 71.8 Å². The standard InChI is InChI=1S/C29H38BNO7/c1-19(2)25(27(33)34-7)31-18-20-9-12-23(17-24(20)26(31)32)36-16-8-15-35-22-13-10-21(11-14-22)30-37-28(3,4)29(5,6)38-30/h9-14,17,19,25H,8,15-16,18H2,1-7H3. The average molecular weight is 523 g/mol. The Balaban J connectivity index is 1.25. The van der Waals surface area contributed by atoms with Crippen molar-refractivity contribution in [3.05, 3.63) is 53.6 Å². The van der Waals surface area contributed by atoms with E-state index < -0.39 is 19.1 Å². The highest BCUT2D eigenvalue weighted by molar-refractivity contribution is 6.62. The third kappa shape index (κ3) is 5.69. The number of fused-ring (bicyclic) bond motifs is 1. The van der Waals surface area contributed by atoms with Crippen LogP contribution in [-0.2, 0) is 25.4 Å². The van der Waals surface area contributed by atoms with Gasteiger partial charge in [0.15, 0.2) is 0 Å². The van der Waals surface area contributed by atoms with Gasteiger partial charge in [0.1, 0.15) is 17.5 Å². The number of amides is 1. The van der Waals surface area contributed by atoms with Gasteiger partial charge in [-0.1, -0.05) is 32.0 Å². The highest BCUT2D eigenvalue weighted by Gasteiger charge is 2.51. The highest BCUT2D eigenvalue weighted by atomic mass is 16.7. The van der Waals surface area contributed by atoms with Gasteiger partial charge in [-0.3, -0.25) is 4.79 Å². The molecule has 0 aromatic heterocycles. The van der Waals surface area contributed by atoms with Crippen molar-refractivity contribution in [3.8, 4) is 11.5 Å². The molecule has 0 radical (unpaired) electrons. The lowest BCUT2D eigenvalue weighted by molar-refractivity contribution is -0.147. The van der Waals surface area contributed by atoms with Gasteiger partial charge in [0.05, 0.1) is 31.5 Å². The Hall–Kier alpha value is -3.04. The maximum Gasteiger partial charge on any atom is 0.494 e.